The monoisotopic (exact) mass is 360 g/mol. The summed E-state index contributed by atoms with van der Waals surface area (Å²) in [6, 6.07) is 11.0. The molecular weight excluding hydrogens is 348 g/mol. The molecule has 0 spiro atoms. The third-order valence-corrected chi connectivity index (χ3v) is 3.86. The maximum absolute atomic E-state index is 12.2. The molecule has 3 aromatic heterocycles. The van der Waals surface area contributed by atoms with Crippen LogP contribution in [-0.2, 0) is 0 Å². The molecule has 0 aliphatic carbocycles. The molecule has 0 saturated heterocycles. The number of hydrogen-bond acceptors (Lipinski definition) is 7. The summed E-state index contributed by atoms with van der Waals surface area (Å²) in [6.45, 7) is 0. The molecule has 27 heavy (non-hydrogen) atoms. The molecule has 0 saturated carbocycles. The third kappa shape index (κ3) is 3.25. The predicted octanol–water partition coefficient (Wildman–Crippen LogP) is 3.17. The Bertz CT molecular complexity index is 1180. The lowest BCUT2D eigenvalue weighted by Gasteiger charge is -2.06. The van der Waals surface area contributed by atoms with E-state index in [0.29, 0.717) is 16.9 Å². The fourth-order valence-corrected chi connectivity index (χ4v) is 2.54. The van der Waals surface area contributed by atoms with Gasteiger partial charge in [0.25, 0.3) is 0 Å². The number of carbonyl (C=O) groups excluding carboxylic acids is 1. The molecule has 4 rings (SSSR count). The number of aromatic nitrogens is 2. The Morgan fingerprint density at radius 3 is 2.59 bits per heavy atom. The summed E-state index contributed by atoms with van der Waals surface area (Å²) in [5.74, 6) is -0.124. The summed E-state index contributed by atoms with van der Waals surface area (Å²) in [5.41, 5.74) is 0.680. The molecule has 132 valence electrons. The second-order valence-corrected chi connectivity index (χ2v) is 5.67. The number of ether oxygens (including phenoxy) is 1. The zero-order chi connectivity index (χ0) is 18.8. The van der Waals surface area contributed by atoms with Crippen molar-refractivity contribution in [1.82, 2.24) is 9.97 Å². The van der Waals surface area contributed by atoms with Crippen molar-refractivity contribution in [3.05, 3.63) is 83.0 Å². The fourth-order valence-electron chi connectivity index (χ4n) is 2.54. The van der Waals surface area contributed by atoms with Crippen molar-refractivity contribution < 1.29 is 19.1 Å². The van der Waals surface area contributed by atoms with Crippen LogP contribution in [0.1, 0.15) is 10.4 Å². The highest BCUT2D eigenvalue weighted by Gasteiger charge is 2.12. The first-order valence-electron chi connectivity index (χ1n) is 7.95. The maximum atomic E-state index is 12.2. The number of carbonyl (C=O) groups is 1. The molecule has 0 atom stereocenters. The van der Waals surface area contributed by atoms with E-state index in [-0.39, 0.29) is 27.9 Å². The Morgan fingerprint density at radius 1 is 1.04 bits per heavy atom. The van der Waals surface area contributed by atoms with E-state index in [1.54, 1.807) is 42.6 Å². The SMILES string of the molecule is O=C(Oc1ccc(-c2cc(=O)c3cncc(O)c3o2)cc1)c1cccnc1. The van der Waals surface area contributed by atoms with Gasteiger partial charge in [0, 0.05) is 30.2 Å². The van der Waals surface area contributed by atoms with Crippen molar-refractivity contribution in [2.24, 2.45) is 0 Å². The van der Waals surface area contributed by atoms with Crippen LogP contribution in [0.25, 0.3) is 22.3 Å². The Labute approximate surface area is 152 Å². The van der Waals surface area contributed by atoms with Crippen LogP contribution in [0.15, 0.2) is 76.5 Å². The molecule has 0 aliphatic rings. The summed E-state index contributed by atoms with van der Waals surface area (Å²) in [6.07, 6.45) is 5.53. The summed E-state index contributed by atoms with van der Waals surface area (Å²) < 4.78 is 10.9. The summed E-state index contributed by atoms with van der Waals surface area (Å²) in [4.78, 5) is 31.9. The molecule has 0 radical (unpaired) electrons. The van der Waals surface area contributed by atoms with Crippen molar-refractivity contribution in [2.75, 3.05) is 0 Å². The number of hydrogen-bond donors (Lipinski definition) is 1. The van der Waals surface area contributed by atoms with Crippen LogP contribution in [0.5, 0.6) is 11.5 Å². The van der Waals surface area contributed by atoms with Crippen LogP contribution in [0.3, 0.4) is 0 Å². The average molecular weight is 360 g/mol. The topological polar surface area (TPSA) is 103 Å². The van der Waals surface area contributed by atoms with Crippen molar-refractivity contribution in [3.63, 3.8) is 0 Å². The number of esters is 1. The van der Waals surface area contributed by atoms with Crippen molar-refractivity contribution in [3.8, 4) is 22.8 Å². The second-order valence-electron chi connectivity index (χ2n) is 5.67. The number of rotatable bonds is 3. The van der Waals surface area contributed by atoms with E-state index in [1.807, 2.05) is 0 Å². The first kappa shape index (κ1) is 16.5. The van der Waals surface area contributed by atoms with E-state index in [4.69, 9.17) is 9.15 Å². The lowest BCUT2D eigenvalue weighted by Crippen LogP contribution is -2.08. The van der Waals surface area contributed by atoms with Gasteiger partial charge in [-0.15, -0.1) is 0 Å². The molecule has 0 amide bonds. The molecule has 0 bridgehead atoms. The summed E-state index contributed by atoms with van der Waals surface area (Å²) in [5, 5.41) is 10.1. The van der Waals surface area contributed by atoms with Crippen LogP contribution in [-0.4, -0.2) is 21.0 Å². The Balaban J connectivity index is 1.63. The predicted molar refractivity (Wildman–Crippen MR) is 96.6 cm³/mol. The highest BCUT2D eigenvalue weighted by Crippen LogP contribution is 2.28. The van der Waals surface area contributed by atoms with Gasteiger partial charge in [0.1, 0.15) is 11.5 Å². The standard InChI is InChI=1S/C20H12N2O5/c23-16-8-18(27-19-15(16)10-22-11-17(19)24)12-3-5-14(6-4-12)26-20(25)13-2-1-7-21-9-13/h1-11,24H. The zero-order valence-electron chi connectivity index (χ0n) is 13.8. The van der Waals surface area contributed by atoms with E-state index >= 15 is 0 Å². The molecule has 1 aromatic carbocycles. The van der Waals surface area contributed by atoms with Gasteiger partial charge in [-0.05, 0) is 36.4 Å². The molecule has 1 N–H and O–H groups in total. The first-order valence-corrected chi connectivity index (χ1v) is 7.95. The quantitative estimate of drug-likeness (QED) is 0.442. The van der Waals surface area contributed by atoms with Crippen LogP contribution in [0.4, 0.5) is 0 Å². The lowest BCUT2D eigenvalue weighted by atomic mass is 10.1. The maximum Gasteiger partial charge on any atom is 0.345 e. The highest BCUT2D eigenvalue weighted by atomic mass is 16.5. The number of benzene rings is 1. The number of fused-ring (bicyclic) bond motifs is 1. The van der Waals surface area contributed by atoms with Crippen molar-refractivity contribution in [1.29, 1.82) is 0 Å². The molecule has 4 aromatic rings. The van der Waals surface area contributed by atoms with Crippen LogP contribution in [0.2, 0.25) is 0 Å². The van der Waals surface area contributed by atoms with E-state index in [2.05, 4.69) is 9.97 Å². The second kappa shape index (κ2) is 6.72. The Morgan fingerprint density at radius 2 is 1.85 bits per heavy atom. The normalized spacial score (nSPS) is 10.7. The van der Waals surface area contributed by atoms with Gasteiger partial charge in [0.05, 0.1) is 17.1 Å². The summed E-state index contributed by atoms with van der Waals surface area (Å²) >= 11 is 0. The van der Waals surface area contributed by atoms with Gasteiger partial charge in [-0.25, -0.2) is 4.79 Å². The zero-order valence-corrected chi connectivity index (χ0v) is 13.8. The molecule has 7 heteroatoms. The smallest absolute Gasteiger partial charge is 0.345 e. The Hall–Kier alpha value is -4.00. The van der Waals surface area contributed by atoms with Gasteiger partial charge in [0.15, 0.2) is 16.8 Å². The molecule has 0 unspecified atom stereocenters. The van der Waals surface area contributed by atoms with Gasteiger partial charge in [-0.1, -0.05) is 0 Å². The fraction of sp³-hybridized carbons (Fsp3) is 0. The molecule has 0 fully saturated rings. The van der Waals surface area contributed by atoms with E-state index in [9.17, 15) is 14.7 Å². The van der Waals surface area contributed by atoms with E-state index in [0.717, 1.165) is 0 Å². The third-order valence-electron chi connectivity index (χ3n) is 3.86. The Kier molecular flexibility index (Phi) is 4.10. The van der Waals surface area contributed by atoms with E-state index in [1.165, 1.54) is 24.7 Å². The average Bonchev–Trinajstić information content (AvgIpc) is 2.70. The largest absolute Gasteiger partial charge is 0.503 e. The van der Waals surface area contributed by atoms with Crippen LogP contribution in [0, 0.1) is 0 Å². The van der Waals surface area contributed by atoms with Gasteiger partial charge in [-0.2, -0.15) is 0 Å². The van der Waals surface area contributed by atoms with Crippen LogP contribution >= 0.6 is 0 Å². The lowest BCUT2D eigenvalue weighted by molar-refractivity contribution is 0.0734. The number of nitrogens with zero attached hydrogens (tertiary/aromatic N) is 2. The number of pyridine rings is 2. The minimum absolute atomic E-state index is 0.0691. The number of aromatic hydroxyl groups is 1. The van der Waals surface area contributed by atoms with Gasteiger partial charge in [0.2, 0.25) is 0 Å². The minimum atomic E-state index is -0.523. The van der Waals surface area contributed by atoms with Crippen molar-refractivity contribution in [2.45, 2.75) is 0 Å². The minimum Gasteiger partial charge on any atom is -0.503 e. The van der Waals surface area contributed by atoms with Gasteiger partial charge < -0.3 is 14.3 Å². The van der Waals surface area contributed by atoms with Crippen LogP contribution < -0.4 is 10.2 Å². The van der Waals surface area contributed by atoms with Crippen molar-refractivity contribution >= 4 is 16.9 Å². The first-order chi connectivity index (χ1) is 13.1. The highest BCUT2D eigenvalue weighted by molar-refractivity contribution is 5.90. The molecule has 0 aliphatic heterocycles. The molecule has 7 nitrogen and oxygen atoms in total. The van der Waals surface area contributed by atoms with E-state index < -0.39 is 5.97 Å². The molecular formula is C20H12N2O5. The van der Waals surface area contributed by atoms with Gasteiger partial charge >= 0.3 is 5.97 Å². The molecule has 3 heterocycles. The summed E-state index contributed by atoms with van der Waals surface area (Å²) in [7, 11) is 0. The van der Waals surface area contributed by atoms with Gasteiger partial charge in [-0.3, -0.25) is 14.8 Å².